The lowest BCUT2D eigenvalue weighted by Gasteiger charge is -2.19. The van der Waals surface area contributed by atoms with Crippen LogP contribution in [0.5, 0.6) is 0 Å². The van der Waals surface area contributed by atoms with Crippen molar-refractivity contribution in [1.29, 1.82) is 0 Å². The molecule has 1 aromatic rings. The molecule has 2 unspecified atom stereocenters. The Morgan fingerprint density at radius 2 is 1.77 bits per heavy atom. The SMILES string of the molecule is CCCC(NC(=O)Cc1ccccc1)C(=O)NC(C)C(=O)O. The Kier molecular flexibility index (Phi) is 7.08. The first kappa shape index (κ1) is 17.7. The first-order chi connectivity index (χ1) is 10.4. The zero-order valence-corrected chi connectivity index (χ0v) is 12.8. The molecular weight excluding hydrogens is 284 g/mol. The molecule has 0 bridgehead atoms. The van der Waals surface area contributed by atoms with E-state index in [9.17, 15) is 14.4 Å². The maximum absolute atomic E-state index is 12.0. The molecule has 3 N–H and O–H groups in total. The van der Waals surface area contributed by atoms with Gasteiger partial charge in [-0.1, -0.05) is 43.7 Å². The van der Waals surface area contributed by atoms with E-state index in [0.29, 0.717) is 12.8 Å². The van der Waals surface area contributed by atoms with Crippen LogP contribution in [0.4, 0.5) is 0 Å². The molecule has 1 aromatic carbocycles. The van der Waals surface area contributed by atoms with Crippen LogP contribution in [-0.4, -0.2) is 35.0 Å². The van der Waals surface area contributed by atoms with E-state index in [0.717, 1.165) is 5.56 Å². The van der Waals surface area contributed by atoms with Gasteiger partial charge in [0, 0.05) is 0 Å². The summed E-state index contributed by atoms with van der Waals surface area (Å²) in [5, 5.41) is 13.9. The number of carboxylic acid groups (broad SMARTS) is 1. The molecule has 0 heterocycles. The number of hydrogen-bond acceptors (Lipinski definition) is 3. The maximum Gasteiger partial charge on any atom is 0.325 e. The Labute approximate surface area is 129 Å². The molecule has 0 saturated carbocycles. The van der Waals surface area contributed by atoms with Crippen molar-refractivity contribution < 1.29 is 19.5 Å². The Balaban J connectivity index is 2.61. The fraction of sp³-hybridized carbons (Fsp3) is 0.438. The van der Waals surface area contributed by atoms with Gasteiger partial charge in [0.2, 0.25) is 11.8 Å². The van der Waals surface area contributed by atoms with E-state index in [1.807, 2.05) is 37.3 Å². The molecule has 1 rings (SSSR count). The van der Waals surface area contributed by atoms with Crippen molar-refractivity contribution >= 4 is 17.8 Å². The molecule has 0 saturated heterocycles. The highest BCUT2D eigenvalue weighted by atomic mass is 16.4. The average Bonchev–Trinajstić information content (AvgIpc) is 2.47. The van der Waals surface area contributed by atoms with Crippen LogP contribution in [0.3, 0.4) is 0 Å². The zero-order chi connectivity index (χ0) is 16.5. The number of aliphatic carboxylic acids is 1. The topological polar surface area (TPSA) is 95.5 Å². The highest BCUT2D eigenvalue weighted by molar-refractivity contribution is 5.90. The lowest BCUT2D eigenvalue weighted by molar-refractivity contribution is -0.141. The van der Waals surface area contributed by atoms with E-state index in [1.165, 1.54) is 6.92 Å². The van der Waals surface area contributed by atoms with Gasteiger partial charge in [-0.3, -0.25) is 14.4 Å². The number of carbonyl (C=O) groups is 3. The third kappa shape index (κ3) is 5.95. The first-order valence-corrected chi connectivity index (χ1v) is 7.30. The molecule has 2 amide bonds. The minimum Gasteiger partial charge on any atom is -0.480 e. The van der Waals surface area contributed by atoms with Crippen molar-refractivity contribution in [2.75, 3.05) is 0 Å². The Morgan fingerprint density at radius 3 is 2.32 bits per heavy atom. The smallest absolute Gasteiger partial charge is 0.325 e. The first-order valence-electron chi connectivity index (χ1n) is 7.30. The summed E-state index contributed by atoms with van der Waals surface area (Å²) < 4.78 is 0. The third-order valence-corrected chi connectivity index (χ3v) is 3.17. The number of hydrogen-bond donors (Lipinski definition) is 3. The number of benzene rings is 1. The molecule has 0 aromatic heterocycles. The Hall–Kier alpha value is -2.37. The molecule has 6 nitrogen and oxygen atoms in total. The highest BCUT2D eigenvalue weighted by Crippen LogP contribution is 2.02. The van der Waals surface area contributed by atoms with Crippen LogP contribution < -0.4 is 10.6 Å². The Bertz CT molecular complexity index is 516. The van der Waals surface area contributed by atoms with Crippen LogP contribution in [-0.2, 0) is 20.8 Å². The summed E-state index contributed by atoms with van der Waals surface area (Å²) in [6.45, 7) is 3.28. The molecule has 120 valence electrons. The van der Waals surface area contributed by atoms with E-state index < -0.39 is 24.0 Å². The van der Waals surface area contributed by atoms with Crippen molar-refractivity contribution in [3.8, 4) is 0 Å². The van der Waals surface area contributed by atoms with Crippen molar-refractivity contribution in [1.82, 2.24) is 10.6 Å². The lowest BCUT2D eigenvalue weighted by atomic mass is 10.1. The molecule has 0 aliphatic carbocycles. The van der Waals surface area contributed by atoms with E-state index in [4.69, 9.17) is 5.11 Å². The lowest BCUT2D eigenvalue weighted by Crippen LogP contribution is -2.51. The van der Waals surface area contributed by atoms with Gasteiger partial charge in [0.25, 0.3) is 0 Å². The van der Waals surface area contributed by atoms with Crippen LogP contribution >= 0.6 is 0 Å². The fourth-order valence-corrected chi connectivity index (χ4v) is 1.96. The predicted molar refractivity (Wildman–Crippen MR) is 82.2 cm³/mol. The summed E-state index contributed by atoms with van der Waals surface area (Å²) in [5.41, 5.74) is 0.856. The number of rotatable bonds is 8. The summed E-state index contributed by atoms with van der Waals surface area (Å²) in [6.07, 6.45) is 1.34. The summed E-state index contributed by atoms with van der Waals surface area (Å²) in [5.74, 6) is -1.85. The molecule has 0 fully saturated rings. The summed E-state index contributed by atoms with van der Waals surface area (Å²) in [7, 11) is 0. The highest BCUT2D eigenvalue weighted by Gasteiger charge is 2.23. The van der Waals surface area contributed by atoms with E-state index in [-0.39, 0.29) is 12.3 Å². The fourth-order valence-electron chi connectivity index (χ4n) is 1.96. The Morgan fingerprint density at radius 1 is 1.14 bits per heavy atom. The number of amides is 2. The summed E-state index contributed by atoms with van der Waals surface area (Å²) in [6, 6.07) is 7.51. The number of carbonyl (C=O) groups excluding carboxylic acids is 2. The van der Waals surface area contributed by atoms with E-state index in [1.54, 1.807) is 0 Å². The molecular formula is C16H22N2O4. The van der Waals surface area contributed by atoms with E-state index >= 15 is 0 Å². The molecule has 0 spiro atoms. The van der Waals surface area contributed by atoms with Gasteiger partial charge >= 0.3 is 5.97 Å². The molecule has 22 heavy (non-hydrogen) atoms. The average molecular weight is 306 g/mol. The van der Waals surface area contributed by atoms with Gasteiger partial charge in [-0.15, -0.1) is 0 Å². The van der Waals surface area contributed by atoms with Crippen molar-refractivity contribution in [3.05, 3.63) is 35.9 Å². The number of carboxylic acids is 1. The number of nitrogens with one attached hydrogen (secondary N) is 2. The monoisotopic (exact) mass is 306 g/mol. The molecule has 0 aliphatic rings. The third-order valence-electron chi connectivity index (χ3n) is 3.17. The van der Waals surface area contributed by atoms with Crippen molar-refractivity contribution in [3.63, 3.8) is 0 Å². The molecule has 2 atom stereocenters. The normalized spacial score (nSPS) is 13.0. The quantitative estimate of drug-likeness (QED) is 0.670. The van der Waals surface area contributed by atoms with Crippen LogP contribution in [0, 0.1) is 0 Å². The zero-order valence-electron chi connectivity index (χ0n) is 12.8. The second-order valence-electron chi connectivity index (χ2n) is 5.14. The van der Waals surface area contributed by atoms with E-state index in [2.05, 4.69) is 10.6 Å². The maximum atomic E-state index is 12.0. The summed E-state index contributed by atoms with van der Waals surface area (Å²) in [4.78, 5) is 34.8. The van der Waals surface area contributed by atoms with Crippen molar-refractivity contribution in [2.45, 2.75) is 45.2 Å². The van der Waals surface area contributed by atoms with Crippen LogP contribution in [0.15, 0.2) is 30.3 Å². The van der Waals surface area contributed by atoms with Crippen LogP contribution in [0.2, 0.25) is 0 Å². The van der Waals surface area contributed by atoms with Gasteiger partial charge in [0.15, 0.2) is 0 Å². The molecule has 0 radical (unpaired) electrons. The second-order valence-corrected chi connectivity index (χ2v) is 5.14. The van der Waals surface area contributed by atoms with Crippen molar-refractivity contribution in [2.24, 2.45) is 0 Å². The van der Waals surface area contributed by atoms with Gasteiger partial charge in [-0.05, 0) is 18.9 Å². The largest absolute Gasteiger partial charge is 0.480 e. The predicted octanol–water partition coefficient (Wildman–Crippen LogP) is 1.10. The van der Waals surface area contributed by atoms with Gasteiger partial charge < -0.3 is 15.7 Å². The minimum absolute atomic E-state index is 0.183. The standard InChI is InChI=1S/C16H22N2O4/c1-3-7-13(15(20)17-11(2)16(21)22)18-14(19)10-12-8-5-4-6-9-12/h4-6,8-9,11,13H,3,7,10H2,1-2H3,(H,17,20)(H,18,19)(H,21,22). The molecule has 6 heteroatoms. The van der Waals surface area contributed by atoms with Gasteiger partial charge in [-0.25, -0.2) is 0 Å². The van der Waals surface area contributed by atoms with Crippen LogP contribution in [0.25, 0.3) is 0 Å². The van der Waals surface area contributed by atoms with Gasteiger partial charge in [-0.2, -0.15) is 0 Å². The minimum atomic E-state index is -1.11. The summed E-state index contributed by atoms with van der Waals surface area (Å²) >= 11 is 0. The van der Waals surface area contributed by atoms with Crippen LogP contribution in [0.1, 0.15) is 32.3 Å². The molecule has 0 aliphatic heterocycles. The van der Waals surface area contributed by atoms with Gasteiger partial charge in [0.1, 0.15) is 12.1 Å². The van der Waals surface area contributed by atoms with Gasteiger partial charge in [0.05, 0.1) is 6.42 Å². The second kappa shape index (κ2) is 8.81.